The Balaban J connectivity index is 1.50. The van der Waals surface area contributed by atoms with Gasteiger partial charge in [0.2, 0.25) is 5.91 Å². The highest BCUT2D eigenvalue weighted by atomic mass is 35.5. The van der Waals surface area contributed by atoms with Gasteiger partial charge in [0.1, 0.15) is 5.75 Å². The normalized spacial score (nSPS) is 11.2. The Bertz CT molecular complexity index is 1270. The van der Waals surface area contributed by atoms with E-state index in [2.05, 4.69) is 34.6 Å². The van der Waals surface area contributed by atoms with Crippen LogP contribution < -0.4 is 10.1 Å². The predicted octanol–water partition coefficient (Wildman–Crippen LogP) is 6.93. The quantitative estimate of drug-likeness (QED) is 0.332. The second-order valence-electron chi connectivity index (χ2n) is 6.43. The van der Waals surface area contributed by atoms with E-state index in [1.807, 2.05) is 23.6 Å². The van der Waals surface area contributed by atoms with Crippen LogP contribution in [0.3, 0.4) is 0 Å². The molecule has 1 amide bonds. The Hall–Kier alpha value is -2.86. The number of anilines is 1. The molecule has 4 nitrogen and oxygen atoms in total. The van der Waals surface area contributed by atoms with Crippen LogP contribution >= 0.6 is 34.5 Å². The lowest BCUT2D eigenvalue weighted by Gasteiger charge is -2.07. The van der Waals surface area contributed by atoms with E-state index < -0.39 is 0 Å². The minimum atomic E-state index is -0.312. The van der Waals surface area contributed by atoms with Crippen molar-refractivity contribution in [2.45, 2.75) is 0 Å². The number of carbonyl (C=O) groups excluding carboxylic acids is 1. The van der Waals surface area contributed by atoms with Gasteiger partial charge in [0.05, 0.1) is 17.8 Å². The summed E-state index contributed by atoms with van der Waals surface area (Å²) in [6.45, 7) is 0. The first kappa shape index (κ1) is 20.4. The molecule has 150 valence electrons. The maximum atomic E-state index is 12.3. The molecule has 0 spiro atoms. The van der Waals surface area contributed by atoms with Crippen molar-refractivity contribution < 1.29 is 9.53 Å². The van der Waals surface area contributed by atoms with Crippen molar-refractivity contribution in [1.29, 1.82) is 0 Å². The molecule has 4 rings (SSSR count). The van der Waals surface area contributed by atoms with Crippen molar-refractivity contribution in [2.24, 2.45) is 0 Å². The number of hydrogen-bond donors (Lipinski definition) is 1. The molecule has 0 radical (unpaired) electrons. The maximum absolute atomic E-state index is 12.3. The molecule has 0 bridgehead atoms. The fourth-order valence-electron chi connectivity index (χ4n) is 3.04. The van der Waals surface area contributed by atoms with E-state index in [0.29, 0.717) is 26.5 Å². The lowest BCUT2D eigenvalue weighted by Crippen LogP contribution is -2.07. The van der Waals surface area contributed by atoms with Crippen LogP contribution in [-0.2, 0) is 4.79 Å². The Morgan fingerprint density at radius 2 is 1.90 bits per heavy atom. The molecule has 0 unspecified atom stereocenters. The van der Waals surface area contributed by atoms with Crippen LogP contribution in [0.15, 0.2) is 66.1 Å². The number of nitrogens with one attached hydrogen (secondary N) is 1. The number of ether oxygens (including phenoxy) is 1. The van der Waals surface area contributed by atoms with Crippen molar-refractivity contribution in [3.8, 4) is 17.0 Å². The molecule has 7 heteroatoms. The number of amides is 1. The summed E-state index contributed by atoms with van der Waals surface area (Å²) >= 11 is 13.5. The average Bonchev–Trinajstić information content (AvgIpc) is 3.20. The molecule has 30 heavy (non-hydrogen) atoms. The number of thiazole rings is 1. The Kier molecular flexibility index (Phi) is 6.04. The summed E-state index contributed by atoms with van der Waals surface area (Å²) in [5.41, 5.74) is 2.42. The third-order valence-corrected chi connectivity index (χ3v) is 5.69. The highest BCUT2D eigenvalue weighted by Crippen LogP contribution is 2.33. The number of fused-ring (bicyclic) bond motifs is 1. The van der Waals surface area contributed by atoms with Crippen molar-refractivity contribution in [3.63, 3.8) is 0 Å². The van der Waals surface area contributed by atoms with Gasteiger partial charge < -0.3 is 4.74 Å². The van der Waals surface area contributed by atoms with Crippen molar-refractivity contribution in [1.82, 2.24) is 4.98 Å². The van der Waals surface area contributed by atoms with Crippen LogP contribution in [0.25, 0.3) is 28.1 Å². The van der Waals surface area contributed by atoms with Crippen molar-refractivity contribution in [2.75, 3.05) is 12.4 Å². The van der Waals surface area contributed by atoms with E-state index in [9.17, 15) is 4.79 Å². The molecule has 0 saturated carbocycles. The summed E-state index contributed by atoms with van der Waals surface area (Å²) in [5.74, 6) is 0.144. The number of benzene rings is 3. The van der Waals surface area contributed by atoms with Crippen LogP contribution in [0.5, 0.6) is 5.75 Å². The zero-order valence-corrected chi connectivity index (χ0v) is 18.2. The van der Waals surface area contributed by atoms with Gasteiger partial charge in [-0.2, -0.15) is 0 Å². The molecule has 0 aliphatic heterocycles. The smallest absolute Gasteiger partial charge is 0.250 e. The lowest BCUT2D eigenvalue weighted by atomic mass is 10.1. The summed E-state index contributed by atoms with van der Waals surface area (Å²) < 4.78 is 5.28. The number of nitrogens with zero attached hydrogens (tertiary/aromatic N) is 1. The highest BCUT2D eigenvalue weighted by molar-refractivity contribution is 7.14. The van der Waals surface area contributed by atoms with Gasteiger partial charge in [-0.1, -0.05) is 59.6 Å². The topological polar surface area (TPSA) is 51.2 Å². The Morgan fingerprint density at radius 1 is 1.10 bits per heavy atom. The maximum Gasteiger partial charge on any atom is 0.250 e. The van der Waals surface area contributed by atoms with E-state index in [-0.39, 0.29) is 5.91 Å². The second kappa shape index (κ2) is 8.88. The highest BCUT2D eigenvalue weighted by Gasteiger charge is 2.10. The minimum Gasteiger partial charge on any atom is -0.495 e. The van der Waals surface area contributed by atoms with Crippen LogP contribution in [0.4, 0.5) is 5.13 Å². The summed E-state index contributed by atoms with van der Waals surface area (Å²) in [6.07, 6.45) is 2.99. The van der Waals surface area contributed by atoms with E-state index in [0.717, 1.165) is 16.6 Å². The minimum absolute atomic E-state index is 0.312. The molecular weight excluding hydrogens is 439 g/mol. The number of carbonyl (C=O) groups is 1. The molecular formula is C23H16Cl2N2O2S. The second-order valence-corrected chi connectivity index (χ2v) is 8.13. The summed E-state index contributed by atoms with van der Waals surface area (Å²) in [4.78, 5) is 16.9. The first-order chi connectivity index (χ1) is 14.5. The number of hydrogen-bond acceptors (Lipinski definition) is 4. The van der Waals surface area contributed by atoms with Gasteiger partial charge >= 0.3 is 0 Å². The Labute approximate surface area is 187 Å². The molecule has 1 aromatic heterocycles. The molecule has 1 N–H and O–H groups in total. The van der Waals surface area contributed by atoms with E-state index in [4.69, 9.17) is 27.9 Å². The zero-order chi connectivity index (χ0) is 21.1. The number of methoxy groups -OCH3 is 1. The molecule has 0 saturated heterocycles. The molecule has 0 fully saturated rings. The monoisotopic (exact) mass is 454 g/mol. The number of rotatable bonds is 5. The fraction of sp³-hybridized carbons (Fsp3) is 0.0435. The predicted molar refractivity (Wildman–Crippen MR) is 126 cm³/mol. The van der Waals surface area contributed by atoms with Crippen molar-refractivity contribution >= 4 is 62.4 Å². The largest absolute Gasteiger partial charge is 0.495 e. The molecule has 0 aliphatic rings. The summed E-state index contributed by atoms with van der Waals surface area (Å²) in [5, 5.41) is 8.37. The lowest BCUT2D eigenvalue weighted by molar-refractivity contribution is -0.111. The third-order valence-electron chi connectivity index (χ3n) is 4.44. The van der Waals surface area contributed by atoms with Crippen LogP contribution in [0.2, 0.25) is 10.0 Å². The number of halogens is 2. The van der Waals surface area contributed by atoms with Gasteiger partial charge in [0, 0.05) is 27.6 Å². The van der Waals surface area contributed by atoms with Crippen LogP contribution in [0.1, 0.15) is 5.56 Å². The van der Waals surface area contributed by atoms with Gasteiger partial charge in [-0.3, -0.25) is 10.1 Å². The molecule has 3 aromatic carbocycles. The first-order valence-electron chi connectivity index (χ1n) is 9.00. The fourth-order valence-corrected chi connectivity index (χ4v) is 4.35. The van der Waals surface area contributed by atoms with E-state index in [1.54, 1.807) is 18.2 Å². The van der Waals surface area contributed by atoms with E-state index >= 15 is 0 Å². The van der Waals surface area contributed by atoms with Crippen LogP contribution in [-0.4, -0.2) is 18.0 Å². The first-order valence-corrected chi connectivity index (χ1v) is 10.6. The molecule has 1 heterocycles. The SMILES string of the molecule is COc1c(Cl)cc(Cl)cc1C=CC(=O)Nc1nc(-c2ccc3ccccc3c2)cs1. The summed E-state index contributed by atoms with van der Waals surface area (Å²) in [7, 11) is 1.51. The third kappa shape index (κ3) is 4.49. The van der Waals surface area contributed by atoms with Crippen LogP contribution in [0, 0.1) is 0 Å². The zero-order valence-electron chi connectivity index (χ0n) is 15.9. The van der Waals surface area contributed by atoms with Gasteiger partial charge in [-0.15, -0.1) is 11.3 Å². The number of aromatic nitrogens is 1. The molecule has 0 aliphatic carbocycles. The van der Waals surface area contributed by atoms with Gasteiger partial charge in [0.25, 0.3) is 0 Å². The van der Waals surface area contributed by atoms with Crippen molar-refractivity contribution in [3.05, 3.63) is 81.7 Å². The average molecular weight is 455 g/mol. The van der Waals surface area contributed by atoms with Gasteiger partial charge in [-0.05, 0) is 35.0 Å². The van der Waals surface area contributed by atoms with Gasteiger partial charge in [-0.25, -0.2) is 4.98 Å². The molecule has 0 atom stereocenters. The standard InChI is InChI=1S/C23H16Cl2N2O2S/c1-29-22-17(11-18(24)12-19(22)25)8-9-21(28)27-23-26-20(13-30-23)16-7-6-14-4-2-3-5-15(14)10-16/h2-13H,1H3,(H,26,27,28). The van der Waals surface area contributed by atoms with Gasteiger partial charge in [0.15, 0.2) is 5.13 Å². The molecule has 4 aromatic rings. The Morgan fingerprint density at radius 3 is 2.70 bits per heavy atom. The van der Waals surface area contributed by atoms with E-state index in [1.165, 1.54) is 29.9 Å². The summed E-state index contributed by atoms with van der Waals surface area (Å²) in [6, 6.07) is 17.6.